The molecule has 0 saturated heterocycles. The molecule has 0 N–H and O–H groups in total. The molecule has 0 unspecified atom stereocenters. The Morgan fingerprint density at radius 3 is 2.28 bits per heavy atom. The number of nitrogens with zero attached hydrogens (tertiary/aromatic N) is 3. The van der Waals surface area contributed by atoms with Gasteiger partial charge in [-0.05, 0) is 55.0 Å². The minimum atomic E-state index is -0.149. The molecule has 39 heavy (non-hydrogen) atoms. The average molecular weight is 530 g/mol. The molecule has 0 radical (unpaired) electrons. The van der Waals surface area contributed by atoms with Gasteiger partial charge < -0.3 is 19.1 Å². The van der Waals surface area contributed by atoms with Crippen LogP contribution in [0.25, 0.3) is 0 Å². The number of hydrogen-bond donors (Lipinski definition) is 0. The lowest BCUT2D eigenvalue weighted by atomic mass is 9.94. The van der Waals surface area contributed by atoms with Crippen LogP contribution in [0.3, 0.4) is 0 Å². The zero-order valence-electron chi connectivity index (χ0n) is 23.5. The topological polar surface area (TPSA) is 54.8 Å². The second kappa shape index (κ2) is 14.6. The van der Waals surface area contributed by atoms with Crippen LogP contribution in [-0.4, -0.2) is 51.9 Å². The first-order valence-electron chi connectivity index (χ1n) is 14.4. The van der Waals surface area contributed by atoms with Crippen molar-refractivity contribution < 1.29 is 14.3 Å². The van der Waals surface area contributed by atoms with Crippen molar-refractivity contribution in [3.8, 4) is 5.75 Å². The summed E-state index contributed by atoms with van der Waals surface area (Å²) in [6.07, 6.45) is 8.46. The van der Waals surface area contributed by atoms with Crippen molar-refractivity contribution in [2.24, 2.45) is 5.92 Å². The van der Waals surface area contributed by atoms with Crippen LogP contribution in [-0.2, 0) is 22.7 Å². The van der Waals surface area contributed by atoms with Crippen molar-refractivity contribution >= 4 is 11.8 Å². The lowest BCUT2D eigenvalue weighted by Crippen LogP contribution is -2.48. The molecule has 0 spiro atoms. The first-order valence-corrected chi connectivity index (χ1v) is 14.4. The second-order valence-corrected chi connectivity index (χ2v) is 11.0. The molecule has 6 nitrogen and oxygen atoms in total. The molecule has 208 valence electrons. The Morgan fingerprint density at radius 1 is 0.897 bits per heavy atom. The van der Waals surface area contributed by atoms with Crippen LogP contribution in [0.5, 0.6) is 5.75 Å². The number of ether oxygens (including phenoxy) is 1. The van der Waals surface area contributed by atoms with Gasteiger partial charge in [0.25, 0.3) is 5.91 Å². The maximum Gasteiger partial charge on any atom is 0.260 e. The van der Waals surface area contributed by atoms with Crippen molar-refractivity contribution in [3.63, 3.8) is 0 Å². The van der Waals surface area contributed by atoms with E-state index in [1.54, 1.807) is 4.90 Å². The number of amides is 2. The highest BCUT2D eigenvalue weighted by atomic mass is 16.5. The molecule has 0 atom stereocenters. The number of aromatic nitrogens is 1. The van der Waals surface area contributed by atoms with Gasteiger partial charge in [-0.2, -0.15) is 0 Å². The molecular weight excluding hydrogens is 486 g/mol. The molecule has 1 aliphatic rings. The summed E-state index contributed by atoms with van der Waals surface area (Å²) in [6, 6.07) is 24.1. The van der Waals surface area contributed by atoms with E-state index in [0.717, 1.165) is 44.3 Å². The quantitative estimate of drug-likeness (QED) is 0.267. The largest absolute Gasteiger partial charge is 0.484 e. The molecule has 0 bridgehead atoms. The van der Waals surface area contributed by atoms with Crippen LogP contribution in [0.15, 0.2) is 79.0 Å². The minimum absolute atomic E-state index is 0.0196. The maximum absolute atomic E-state index is 14.0. The molecule has 1 aromatic heterocycles. The van der Waals surface area contributed by atoms with Gasteiger partial charge >= 0.3 is 0 Å². The van der Waals surface area contributed by atoms with Crippen LogP contribution in [0.2, 0.25) is 0 Å². The Bertz CT molecular complexity index is 1150. The average Bonchev–Trinajstić information content (AvgIpc) is 3.40. The SMILES string of the molecule is CC(C)CCN(CC(=O)N(Cc1cccn1Cc1ccccc1)C1CCCCC1)C(=O)COc1ccccc1. The predicted octanol–water partition coefficient (Wildman–Crippen LogP) is 6.15. The third-order valence-electron chi connectivity index (χ3n) is 7.55. The fraction of sp³-hybridized carbons (Fsp3) is 0.455. The molecular formula is C33H43N3O3. The third-order valence-corrected chi connectivity index (χ3v) is 7.55. The van der Waals surface area contributed by atoms with E-state index < -0.39 is 0 Å². The van der Waals surface area contributed by atoms with Gasteiger partial charge in [-0.3, -0.25) is 9.59 Å². The zero-order chi connectivity index (χ0) is 27.5. The molecule has 2 amide bonds. The summed E-state index contributed by atoms with van der Waals surface area (Å²) in [5.41, 5.74) is 2.35. The lowest BCUT2D eigenvalue weighted by Gasteiger charge is -2.36. The molecule has 0 aliphatic heterocycles. The van der Waals surface area contributed by atoms with Gasteiger partial charge in [-0.25, -0.2) is 0 Å². The standard InChI is InChI=1S/C33H43N3O3/c1-27(2)20-22-35(33(38)26-39-31-18-10-5-11-19-31)25-32(37)36(29-15-8-4-9-16-29)24-30-17-12-21-34(30)23-28-13-6-3-7-14-28/h3,5-7,10-14,17-19,21,27,29H,4,8-9,15-16,20,22-26H2,1-2H3. The number of carbonyl (C=O) groups excluding carboxylic acids is 2. The van der Waals surface area contributed by atoms with Crippen molar-refractivity contribution in [1.29, 1.82) is 0 Å². The predicted molar refractivity (Wildman–Crippen MR) is 155 cm³/mol. The summed E-state index contributed by atoms with van der Waals surface area (Å²) in [7, 11) is 0. The fourth-order valence-electron chi connectivity index (χ4n) is 5.23. The highest BCUT2D eigenvalue weighted by molar-refractivity contribution is 5.85. The third kappa shape index (κ3) is 8.74. The Morgan fingerprint density at radius 2 is 1.59 bits per heavy atom. The summed E-state index contributed by atoms with van der Waals surface area (Å²) in [6.45, 7) is 6.16. The summed E-state index contributed by atoms with van der Waals surface area (Å²) in [5.74, 6) is 0.959. The Kier molecular flexibility index (Phi) is 10.6. The number of para-hydroxylation sites is 1. The summed E-state index contributed by atoms with van der Waals surface area (Å²) in [5, 5.41) is 0. The molecule has 1 saturated carbocycles. The molecule has 1 fully saturated rings. The Balaban J connectivity index is 1.48. The number of rotatable bonds is 13. The number of hydrogen-bond acceptors (Lipinski definition) is 3. The van der Waals surface area contributed by atoms with Crippen LogP contribution in [0.4, 0.5) is 0 Å². The van der Waals surface area contributed by atoms with Crippen molar-refractivity contribution in [3.05, 3.63) is 90.3 Å². The van der Waals surface area contributed by atoms with E-state index in [-0.39, 0.29) is 31.0 Å². The van der Waals surface area contributed by atoms with Crippen LogP contribution in [0, 0.1) is 5.92 Å². The van der Waals surface area contributed by atoms with Gasteiger partial charge in [-0.1, -0.05) is 81.6 Å². The smallest absolute Gasteiger partial charge is 0.260 e. The molecule has 2 aromatic carbocycles. The van der Waals surface area contributed by atoms with E-state index in [0.29, 0.717) is 24.8 Å². The van der Waals surface area contributed by atoms with Crippen LogP contribution in [0.1, 0.15) is 63.6 Å². The first-order chi connectivity index (χ1) is 19.0. The number of carbonyl (C=O) groups is 2. The summed E-state index contributed by atoms with van der Waals surface area (Å²) in [4.78, 5) is 31.0. The molecule has 3 aromatic rings. The van der Waals surface area contributed by atoms with E-state index in [1.165, 1.54) is 12.0 Å². The van der Waals surface area contributed by atoms with E-state index in [9.17, 15) is 9.59 Å². The fourth-order valence-corrected chi connectivity index (χ4v) is 5.23. The van der Waals surface area contributed by atoms with E-state index in [4.69, 9.17) is 4.74 Å². The first kappa shape index (κ1) is 28.5. The Labute approximate surface area is 233 Å². The van der Waals surface area contributed by atoms with Crippen LogP contribution >= 0.6 is 0 Å². The monoisotopic (exact) mass is 529 g/mol. The summed E-state index contributed by atoms with van der Waals surface area (Å²) < 4.78 is 7.98. The molecule has 1 aliphatic carbocycles. The van der Waals surface area contributed by atoms with Gasteiger partial charge in [0.2, 0.25) is 5.91 Å². The van der Waals surface area contributed by atoms with Crippen molar-refractivity contribution in [2.45, 2.75) is 71.5 Å². The second-order valence-electron chi connectivity index (χ2n) is 11.0. The zero-order valence-corrected chi connectivity index (χ0v) is 23.5. The van der Waals surface area contributed by atoms with Gasteiger partial charge in [0.1, 0.15) is 5.75 Å². The normalized spacial score (nSPS) is 13.8. The van der Waals surface area contributed by atoms with E-state index in [1.807, 2.05) is 41.3 Å². The van der Waals surface area contributed by atoms with Gasteiger partial charge in [0, 0.05) is 31.0 Å². The van der Waals surface area contributed by atoms with Gasteiger partial charge in [-0.15, -0.1) is 0 Å². The van der Waals surface area contributed by atoms with E-state index in [2.05, 4.69) is 61.0 Å². The lowest BCUT2D eigenvalue weighted by molar-refractivity contribution is -0.144. The molecule has 1 heterocycles. The van der Waals surface area contributed by atoms with Gasteiger partial charge in [0.15, 0.2) is 6.61 Å². The maximum atomic E-state index is 14.0. The van der Waals surface area contributed by atoms with Gasteiger partial charge in [0.05, 0.1) is 13.1 Å². The molecule has 4 rings (SSSR count). The minimum Gasteiger partial charge on any atom is -0.484 e. The van der Waals surface area contributed by atoms with Crippen molar-refractivity contribution in [1.82, 2.24) is 14.4 Å². The summed E-state index contributed by atoms with van der Waals surface area (Å²) >= 11 is 0. The van der Waals surface area contributed by atoms with Crippen LogP contribution < -0.4 is 4.74 Å². The van der Waals surface area contributed by atoms with E-state index >= 15 is 0 Å². The highest BCUT2D eigenvalue weighted by Crippen LogP contribution is 2.25. The Hall–Kier alpha value is -3.54. The van der Waals surface area contributed by atoms with Crippen molar-refractivity contribution in [2.75, 3.05) is 19.7 Å². The number of benzene rings is 2. The highest BCUT2D eigenvalue weighted by Gasteiger charge is 2.29. The molecule has 6 heteroatoms.